The van der Waals surface area contributed by atoms with Crippen LogP contribution in [-0.4, -0.2) is 60.4 Å². The lowest BCUT2D eigenvalue weighted by Crippen LogP contribution is -2.49. The van der Waals surface area contributed by atoms with Gasteiger partial charge in [0.25, 0.3) is 0 Å². The molecule has 8 nitrogen and oxygen atoms in total. The first kappa shape index (κ1) is 29.9. The Labute approximate surface area is 249 Å². The number of nitrogens with zero attached hydrogens (tertiary/aromatic N) is 4. The van der Waals surface area contributed by atoms with Crippen LogP contribution in [0, 0.1) is 0 Å². The molecule has 0 amide bonds. The summed E-state index contributed by atoms with van der Waals surface area (Å²) in [7, 11) is -3.59. The molecular weight excluding hydrogens is 546 g/mol. The number of hydrogen-bond donors (Lipinski definition) is 1. The Hall–Kier alpha value is -3.53. The molecule has 0 bridgehead atoms. The van der Waals surface area contributed by atoms with Crippen molar-refractivity contribution in [3.8, 4) is 5.75 Å². The number of unbranched alkanes of at least 4 members (excludes halogenated alkanes) is 1. The molecule has 42 heavy (non-hydrogen) atoms. The molecular formula is C33H41N5O3S. The lowest BCUT2D eigenvalue weighted by atomic mass is 10.0. The number of aromatic nitrogens is 2. The van der Waals surface area contributed by atoms with Gasteiger partial charge in [0, 0.05) is 37.3 Å². The van der Waals surface area contributed by atoms with E-state index in [9.17, 15) is 8.42 Å². The molecule has 2 heterocycles. The number of ether oxygens (including phenoxy) is 1. The molecule has 0 radical (unpaired) electrons. The molecule has 4 aromatic rings. The fourth-order valence-electron chi connectivity index (χ4n) is 5.15. The zero-order chi connectivity index (χ0) is 29.7. The summed E-state index contributed by atoms with van der Waals surface area (Å²) in [4.78, 5) is 12.4. The fraction of sp³-hybridized carbons (Fsp3) is 0.394. The number of nitrogens with one attached hydrogen (secondary N) is 1. The van der Waals surface area contributed by atoms with Crippen LogP contribution < -0.4 is 10.1 Å². The van der Waals surface area contributed by atoms with Crippen LogP contribution in [0.25, 0.3) is 10.9 Å². The second-order valence-electron chi connectivity index (χ2n) is 11.1. The smallest absolute Gasteiger partial charge is 0.243 e. The van der Waals surface area contributed by atoms with Gasteiger partial charge < -0.3 is 10.1 Å². The van der Waals surface area contributed by atoms with Gasteiger partial charge in [0.1, 0.15) is 17.4 Å². The third-order valence-corrected chi connectivity index (χ3v) is 9.80. The minimum absolute atomic E-state index is 0.0807. The lowest BCUT2D eigenvalue weighted by Gasteiger charge is -2.36. The predicted octanol–water partition coefficient (Wildman–Crippen LogP) is 6.74. The summed E-state index contributed by atoms with van der Waals surface area (Å²) in [6.45, 7) is 11.2. The van der Waals surface area contributed by atoms with Crippen LogP contribution in [0.2, 0.25) is 0 Å². The van der Waals surface area contributed by atoms with Gasteiger partial charge in [-0.2, -0.15) is 4.31 Å². The van der Waals surface area contributed by atoms with Crippen molar-refractivity contribution >= 4 is 32.4 Å². The van der Waals surface area contributed by atoms with E-state index in [-0.39, 0.29) is 6.04 Å². The van der Waals surface area contributed by atoms with Gasteiger partial charge in [0.2, 0.25) is 10.0 Å². The highest BCUT2D eigenvalue weighted by Crippen LogP contribution is 2.29. The van der Waals surface area contributed by atoms with E-state index in [0.717, 1.165) is 35.2 Å². The Morgan fingerprint density at radius 1 is 0.881 bits per heavy atom. The maximum absolute atomic E-state index is 13.4. The number of para-hydroxylation sites is 1. The standard InChI is InChI=1S/C33H41N5O3S/c1-5-6-23-41-28-15-17-29(18-16-28)42(39,40)38-21-19-37(20-22-38)25(4)32-35-31-10-8-7-9-30(31)33(36-32)34-27-13-11-26(12-14-27)24(2)3/h7-18,24-25H,5-6,19-23H2,1-4H3,(H,34,35,36). The van der Waals surface area contributed by atoms with Gasteiger partial charge in [0.05, 0.1) is 23.1 Å². The molecule has 1 fully saturated rings. The summed E-state index contributed by atoms with van der Waals surface area (Å²) in [6.07, 6.45) is 2.02. The molecule has 1 aliphatic heterocycles. The fourth-order valence-corrected chi connectivity index (χ4v) is 6.57. The molecule has 0 saturated carbocycles. The van der Waals surface area contributed by atoms with Gasteiger partial charge in [-0.3, -0.25) is 4.90 Å². The number of rotatable bonds is 11. The largest absolute Gasteiger partial charge is 0.494 e. The van der Waals surface area contributed by atoms with Gasteiger partial charge >= 0.3 is 0 Å². The third-order valence-electron chi connectivity index (χ3n) is 7.88. The molecule has 9 heteroatoms. The number of anilines is 2. The van der Waals surface area contributed by atoms with E-state index in [1.54, 1.807) is 28.6 Å². The zero-order valence-corrected chi connectivity index (χ0v) is 25.8. The van der Waals surface area contributed by atoms with Crippen molar-refractivity contribution in [2.75, 3.05) is 38.1 Å². The molecule has 0 aliphatic carbocycles. The molecule has 3 aromatic carbocycles. The second kappa shape index (κ2) is 13.2. The third kappa shape index (κ3) is 6.75. The quantitative estimate of drug-likeness (QED) is 0.194. The molecule has 1 saturated heterocycles. The first-order chi connectivity index (χ1) is 20.3. The van der Waals surface area contributed by atoms with Gasteiger partial charge in [-0.05, 0) is 73.4 Å². The van der Waals surface area contributed by atoms with E-state index in [2.05, 4.69) is 62.2 Å². The molecule has 1 atom stereocenters. The van der Waals surface area contributed by atoms with Crippen LogP contribution in [0.1, 0.15) is 63.9 Å². The maximum Gasteiger partial charge on any atom is 0.243 e. The van der Waals surface area contributed by atoms with Gasteiger partial charge in [-0.15, -0.1) is 0 Å². The molecule has 1 aromatic heterocycles. The minimum atomic E-state index is -3.59. The highest BCUT2D eigenvalue weighted by atomic mass is 32.2. The second-order valence-corrected chi connectivity index (χ2v) is 13.1. The lowest BCUT2D eigenvalue weighted by molar-refractivity contribution is 0.141. The molecule has 0 spiro atoms. The summed E-state index contributed by atoms with van der Waals surface area (Å²) >= 11 is 0. The SMILES string of the molecule is CCCCOc1ccc(S(=O)(=O)N2CCN(C(C)c3nc(Nc4ccc(C(C)C)cc4)c4ccccc4n3)CC2)cc1. The van der Waals surface area contributed by atoms with Gasteiger partial charge in [0.15, 0.2) is 0 Å². The monoisotopic (exact) mass is 587 g/mol. The first-order valence-electron chi connectivity index (χ1n) is 14.9. The van der Waals surface area contributed by atoms with Crippen molar-refractivity contribution in [2.45, 2.75) is 57.4 Å². The highest BCUT2D eigenvalue weighted by Gasteiger charge is 2.31. The van der Waals surface area contributed by atoms with E-state index in [1.165, 1.54) is 5.56 Å². The highest BCUT2D eigenvalue weighted by molar-refractivity contribution is 7.89. The number of sulfonamides is 1. The Bertz CT molecular complexity index is 1580. The summed E-state index contributed by atoms with van der Waals surface area (Å²) < 4.78 is 34.0. The van der Waals surface area contributed by atoms with Crippen LogP contribution in [0.15, 0.2) is 77.7 Å². The van der Waals surface area contributed by atoms with E-state index < -0.39 is 10.0 Å². The van der Waals surface area contributed by atoms with Crippen molar-refractivity contribution in [1.29, 1.82) is 0 Å². The molecule has 5 rings (SSSR count). The number of hydrogen-bond acceptors (Lipinski definition) is 7. The first-order valence-corrected chi connectivity index (χ1v) is 16.3. The van der Waals surface area contributed by atoms with Crippen molar-refractivity contribution in [2.24, 2.45) is 0 Å². The van der Waals surface area contributed by atoms with Crippen molar-refractivity contribution in [1.82, 2.24) is 19.2 Å². The van der Waals surface area contributed by atoms with Crippen LogP contribution in [-0.2, 0) is 10.0 Å². The van der Waals surface area contributed by atoms with Crippen molar-refractivity contribution < 1.29 is 13.2 Å². The Kier molecular flexibility index (Phi) is 9.40. The summed E-state index contributed by atoms with van der Waals surface area (Å²) in [5.41, 5.74) is 3.14. The van der Waals surface area contributed by atoms with Crippen LogP contribution >= 0.6 is 0 Å². The molecule has 222 valence electrons. The normalized spacial score (nSPS) is 15.6. The van der Waals surface area contributed by atoms with Crippen LogP contribution in [0.5, 0.6) is 5.75 Å². The maximum atomic E-state index is 13.4. The van der Waals surface area contributed by atoms with Crippen molar-refractivity contribution in [3.63, 3.8) is 0 Å². The van der Waals surface area contributed by atoms with E-state index >= 15 is 0 Å². The summed E-state index contributed by atoms with van der Waals surface area (Å²) in [6, 6.07) is 23.1. The Morgan fingerprint density at radius 2 is 1.57 bits per heavy atom. The average Bonchev–Trinajstić information content (AvgIpc) is 3.01. The number of fused-ring (bicyclic) bond motifs is 1. The molecule has 1 aliphatic rings. The number of benzene rings is 3. The van der Waals surface area contributed by atoms with E-state index in [1.807, 2.05) is 24.3 Å². The molecule has 1 N–H and O–H groups in total. The van der Waals surface area contributed by atoms with E-state index in [4.69, 9.17) is 14.7 Å². The van der Waals surface area contributed by atoms with E-state index in [0.29, 0.717) is 55.2 Å². The predicted molar refractivity (Wildman–Crippen MR) is 169 cm³/mol. The Balaban J connectivity index is 1.28. The topological polar surface area (TPSA) is 87.7 Å². The zero-order valence-electron chi connectivity index (χ0n) is 25.0. The molecule has 1 unspecified atom stereocenters. The summed E-state index contributed by atoms with van der Waals surface area (Å²) in [5, 5.41) is 4.47. The van der Waals surface area contributed by atoms with Crippen LogP contribution in [0.3, 0.4) is 0 Å². The van der Waals surface area contributed by atoms with Crippen molar-refractivity contribution in [3.05, 3.63) is 84.2 Å². The average molecular weight is 588 g/mol. The summed E-state index contributed by atoms with van der Waals surface area (Å²) in [5.74, 6) is 2.64. The van der Waals surface area contributed by atoms with Crippen LogP contribution in [0.4, 0.5) is 11.5 Å². The number of piperazine rings is 1. The minimum Gasteiger partial charge on any atom is -0.494 e. The van der Waals surface area contributed by atoms with Gasteiger partial charge in [-0.1, -0.05) is 51.5 Å². The van der Waals surface area contributed by atoms with Gasteiger partial charge in [-0.25, -0.2) is 18.4 Å². The Morgan fingerprint density at radius 3 is 2.24 bits per heavy atom.